The molecule has 0 aliphatic carbocycles. The zero-order valence-corrected chi connectivity index (χ0v) is 16.4. The number of nitrogens with one attached hydrogen (secondary N) is 2. The normalized spacial score (nSPS) is 18.3. The number of hydrogen-bond donors (Lipinski definition) is 2. The highest BCUT2D eigenvalue weighted by molar-refractivity contribution is 9.10. The highest BCUT2D eigenvalue weighted by atomic mass is 79.9. The van der Waals surface area contributed by atoms with Crippen LogP contribution in [-0.4, -0.2) is 38.2 Å². The van der Waals surface area contributed by atoms with Crippen LogP contribution in [0.3, 0.4) is 0 Å². The Morgan fingerprint density at radius 1 is 1.35 bits per heavy atom. The van der Waals surface area contributed by atoms with Gasteiger partial charge < -0.3 is 10.6 Å². The number of rotatable bonds is 5. The minimum atomic E-state index is -3.75. The van der Waals surface area contributed by atoms with Gasteiger partial charge in [-0.25, -0.2) is 8.42 Å². The molecule has 1 unspecified atom stereocenters. The molecule has 2 rings (SSSR count). The lowest BCUT2D eigenvalue weighted by Gasteiger charge is -2.25. The van der Waals surface area contributed by atoms with E-state index in [1.165, 1.54) is 26.0 Å². The van der Waals surface area contributed by atoms with Crippen molar-refractivity contribution in [3.63, 3.8) is 0 Å². The van der Waals surface area contributed by atoms with E-state index in [0.29, 0.717) is 6.54 Å². The molecule has 2 N–H and O–H groups in total. The van der Waals surface area contributed by atoms with Crippen LogP contribution in [0, 0.1) is 0 Å². The zero-order valence-electron chi connectivity index (χ0n) is 13.1. The second-order valence-corrected chi connectivity index (χ2v) is 9.39. The van der Waals surface area contributed by atoms with Crippen LogP contribution in [-0.2, 0) is 14.6 Å². The monoisotopic (exact) mass is 424 g/mol. The van der Waals surface area contributed by atoms with Gasteiger partial charge in [0.2, 0.25) is 5.91 Å². The van der Waals surface area contributed by atoms with Gasteiger partial charge >= 0.3 is 0 Å². The predicted octanol–water partition coefficient (Wildman–Crippen LogP) is 2.29. The average Bonchev–Trinajstić information content (AvgIpc) is 2.98. The minimum Gasteiger partial charge on any atom is -0.353 e. The minimum absolute atomic E-state index is 0. The molecular weight excluding hydrogens is 404 g/mol. The van der Waals surface area contributed by atoms with Crippen molar-refractivity contribution in [2.45, 2.75) is 42.4 Å². The van der Waals surface area contributed by atoms with Gasteiger partial charge in [-0.05, 0) is 57.5 Å². The van der Waals surface area contributed by atoms with Gasteiger partial charge in [-0.1, -0.05) is 15.9 Å². The third-order valence-corrected chi connectivity index (χ3v) is 6.96. The molecule has 1 fully saturated rings. The molecular formula is C15H22BrClN2O3S. The SMILES string of the molecule is CC(C)(C(=O)NCC1CCCN1)S(=O)(=O)c1ccc(Br)cc1.Cl. The topological polar surface area (TPSA) is 75.3 Å². The quantitative estimate of drug-likeness (QED) is 0.759. The number of hydrogen-bond acceptors (Lipinski definition) is 4. The molecule has 1 saturated heterocycles. The van der Waals surface area contributed by atoms with E-state index < -0.39 is 20.5 Å². The van der Waals surface area contributed by atoms with Crippen molar-refractivity contribution in [2.75, 3.05) is 13.1 Å². The lowest BCUT2D eigenvalue weighted by Crippen LogP contribution is -2.50. The van der Waals surface area contributed by atoms with Gasteiger partial charge in [-0.15, -0.1) is 12.4 Å². The summed E-state index contributed by atoms with van der Waals surface area (Å²) in [6.07, 6.45) is 2.08. The molecule has 5 nitrogen and oxygen atoms in total. The number of halogens is 2. The van der Waals surface area contributed by atoms with E-state index in [0.717, 1.165) is 23.9 Å². The van der Waals surface area contributed by atoms with E-state index in [1.807, 2.05) is 0 Å². The van der Waals surface area contributed by atoms with Gasteiger partial charge in [0.1, 0.15) is 4.75 Å². The highest BCUT2D eigenvalue weighted by Crippen LogP contribution is 2.26. The van der Waals surface area contributed by atoms with E-state index in [4.69, 9.17) is 0 Å². The van der Waals surface area contributed by atoms with Gasteiger partial charge in [0.25, 0.3) is 0 Å². The molecule has 130 valence electrons. The molecule has 1 aliphatic rings. The Morgan fingerprint density at radius 2 is 1.96 bits per heavy atom. The lowest BCUT2D eigenvalue weighted by molar-refractivity contribution is -0.122. The summed E-state index contributed by atoms with van der Waals surface area (Å²) in [7, 11) is -3.75. The number of carbonyl (C=O) groups excluding carboxylic acids is 1. The van der Waals surface area contributed by atoms with Crippen molar-refractivity contribution in [3.05, 3.63) is 28.7 Å². The molecule has 0 spiro atoms. The van der Waals surface area contributed by atoms with Gasteiger partial charge in [0.15, 0.2) is 9.84 Å². The summed E-state index contributed by atoms with van der Waals surface area (Å²) in [4.78, 5) is 12.5. The summed E-state index contributed by atoms with van der Waals surface area (Å²) in [5, 5.41) is 6.03. The van der Waals surface area contributed by atoms with Crippen molar-refractivity contribution in [1.82, 2.24) is 10.6 Å². The summed E-state index contributed by atoms with van der Waals surface area (Å²) in [5.41, 5.74) is 0. The molecule has 0 aromatic heterocycles. The Hall–Kier alpha value is -0.630. The maximum Gasteiger partial charge on any atom is 0.241 e. The Balaban J connectivity index is 0.00000264. The number of sulfone groups is 1. The van der Waals surface area contributed by atoms with E-state index in [9.17, 15) is 13.2 Å². The first-order valence-corrected chi connectivity index (χ1v) is 9.54. The highest BCUT2D eigenvalue weighted by Gasteiger charge is 2.42. The van der Waals surface area contributed by atoms with E-state index in [1.54, 1.807) is 12.1 Å². The van der Waals surface area contributed by atoms with Gasteiger partial charge in [0, 0.05) is 17.1 Å². The summed E-state index contributed by atoms with van der Waals surface area (Å²) < 4.78 is 24.7. The molecule has 0 bridgehead atoms. The molecule has 1 aliphatic heterocycles. The number of amides is 1. The average molecular weight is 426 g/mol. The Bertz CT molecular complexity index is 641. The molecule has 1 heterocycles. The number of benzene rings is 1. The zero-order chi connectivity index (χ0) is 16.4. The van der Waals surface area contributed by atoms with Crippen molar-refractivity contribution < 1.29 is 13.2 Å². The maximum absolute atomic E-state index is 12.7. The fourth-order valence-corrected chi connectivity index (χ4v) is 4.05. The first kappa shape index (κ1) is 20.4. The molecule has 0 saturated carbocycles. The first-order valence-electron chi connectivity index (χ1n) is 7.27. The van der Waals surface area contributed by atoms with Crippen LogP contribution in [0.4, 0.5) is 0 Å². The summed E-state index contributed by atoms with van der Waals surface area (Å²) >= 11 is 3.27. The molecule has 8 heteroatoms. The van der Waals surface area contributed by atoms with E-state index in [-0.39, 0.29) is 23.3 Å². The van der Waals surface area contributed by atoms with E-state index >= 15 is 0 Å². The van der Waals surface area contributed by atoms with Crippen LogP contribution < -0.4 is 10.6 Å². The van der Waals surface area contributed by atoms with Crippen LogP contribution in [0.1, 0.15) is 26.7 Å². The largest absolute Gasteiger partial charge is 0.353 e. The van der Waals surface area contributed by atoms with E-state index in [2.05, 4.69) is 26.6 Å². The van der Waals surface area contributed by atoms with Gasteiger partial charge in [-0.3, -0.25) is 4.79 Å². The van der Waals surface area contributed by atoms with Crippen LogP contribution in [0.25, 0.3) is 0 Å². The van der Waals surface area contributed by atoms with Crippen LogP contribution in [0.15, 0.2) is 33.6 Å². The molecule has 1 atom stereocenters. The summed E-state index contributed by atoms with van der Waals surface area (Å²) in [6, 6.07) is 6.56. The Kier molecular flexibility index (Phi) is 7.07. The van der Waals surface area contributed by atoms with Crippen molar-refractivity contribution in [1.29, 1.82) is 0 Å². The molecule has 1 amide bonds. The van der Waals surface area contributed by atoms with Crippen molar-refractivity contribution in [3.8, 4) is 0 Å². The molecule has 23 heavy (non-hydrogen) atoms. The third kappa shape index (κ3) is 4.47. The van der Waals surface area contributed by atoms with Gasteiger partial charge in [0.05, 0.1) is 4.90 Å². The van der Waals surface area contributed by atoms with Crippen molar-refractivity contribution >= 4 is 44.1 Å². The lowest BCUT2D eigenvalue weighted by atomic mass is 10.1. The second-order valence-electron chi connectivity index (χ2n) is 5.97. The van der Waals surface area contributed by atoms with Crippen LogP contribution in [0.5, 0.6) is 0 Å². The van der Waals surface area contributed by atoms with Crippen LogP contribution >= 0.6 is 28.3 Å². The predicted molar refractivity (Wildman–Crippen MR) is 96.7 cm³/mol. The molecule has 0 radical (unpaired) electrons. The second kappa shape index (κ2) is 7.96. The smallest absolute Gasteiger partial charge is 0.241 e. The fourth-order valence-electron chi connectivity index (χ4n) is 2.39. The fraction of sp³-hybridized carbons (Fsp3) is 0.533. The van der Waals surface area contributed by atoms with Crippen molar-refractivity contribution in [2.24, 2.45) is 0 Å². The molecule has 1 aromatic carbocycles. The summed E-state index contributed by atoms with van der Waals surface area (Å²) in [6.45, 7) is 4.29. The maximum atomic E-state index is 12.7. The first-order chi connectivity index (χ1) is 10.2. The number of carbonyl (C=O) groups is 1. The summed E-state index contributed by atoms with van der Waals surface area (Å²) in [5.74, 6) is -0.468. The third-order valence-electron chi connectivity index (χ3n) is 4.01. The molecule has 1 aromatic rings. The van der Waals surface area contributed by atoms with Gasteiger partial charge in [-0.2, -0.15) is 0 Å². The van der Waals surface area contributed by atoms with Crippen LogP contribution in [0.2, 0.25) is 0 Å². The standard InChI is InChI=1S/C15H21BrN2O3S.ClH/c1-15(2,14(19)18-10-12-4-3-9-17-12)22(20,21)13-7-5-11(16)6-8-13;/h5-8,12,17H,3-4,9-10H2,1-2H3,(H,18,19);1H. The Labute approximate surface area is 152 Å². The Morgan fingerprint density at radius 3 is 2.48 bits per heavy atom.